The molecule has 0 fully saturated rings. The summed E-state index contributed by atoms with van der Waals surface area (Å²) in [6, 6.07) is 7.52. The van der Waals surface area contributed by atoms with Crippen molar-refractivity contribution in [2.75, 3.05) is 19.1 Å². The quantitative estimate of drug-likeness (QED) is 0.809. The van der Waals surface area contributed by atoms with Gasteiger partial charge in [0.1, 0.15) is 23.6 Å². The lowest BCUT2D eigenvalue weighted by Gasteiger charge is -2.38. The Morgan fingerprint density at radius 1 is 1.31 bits per heavy atom. The van der Waals surface area contributed by atoms with Gasteiger partial charge in [-0.2, -0.15) is 15.3 Å². The highest BCUT2D eigenvalue weighted by Crippen LogP contribution is 2.48. The molecule has 2 aromatic rings. The standard InChI is InChI=1S/C20H20N6O3/c1-28-11-6-7-12(16(8-11)29-2)17-13(9-21)19(22)26(20-23-10-24-25-20)14-4-3-5-15(27)18(14)17/h6-8,10,17H,3-5,22H2,1-2H3,(H,23,24,25)/t17-/m1/s1. The van der Waals surface area contributed by atoms with Crippen molar-refractivity contribution >= 4 is 11.7 Å². The predicted molar refractivity (Wildman–Crippen MR) is 104 cm³/mol. The lowest BCUT2D eigenvalue weighted by molar-refractivity contribution is -0.116. The van der Waals surface area contributed by atoms with Crippen LogP contribution in [0.5, 0.6) is 11.5 Å². The minimum atomic E-state index is -0.622. The average molecular weight is 392 g/mol. The number of ether oxygens (including phenoxy) is 2. The van der Waals surface area contributed by atoms with E-state index >= 15 is 0 Å². The lowest BCUT2D eigenvalue weighted by Crippen LogP contribution is -2.39. The van der Waals surface area contributed by atoms with Gasteiger partial charge in [-0.3, -0.25) is 9.69 Å². The van der Waals surface area contributed by atoms with Crippen LogP contribution in [0.2, 0.25) is 0 Å². The van der Waals surface area contributed by atoms with Crippen molar-refractivity contribution in [3.63, 3.8) is 0 Å². The van der Waals surface area contributed by atoms with Crippen molar-refractivity contribution in [3.05, 3.63) is 52.8 Å². The summed E-state index contributed by atoms with van der Waals surface area (Å²) >= 11 is 0. The number of ketones is 1. The van der Waals surface area contributed by atoms with Crippen molar-refractivity contribution in [3.8, 4) is 17.6 Å². The summed E-state index contributed by atoms with van der Waals surface area (Å²) in [5.41, 5.74) is 8.66. The minimum Gasteiger partial charge on any atom is -0.497 e. The first-order valence-electron chi connectivity index (χ1n) is 9.14. The summed E-state index contributed by atoms with van der Waals surface area (Å²) in [6.45, 7) is 0. The molecule has 3 N–H and O–H groups in total. The van der Waals surface area contributed by atoms with Crippen molar-refractivity contribution in [1.29, 1.82) is 5.26 Å². The number of benzene rings is 1. The van der Waals surface area contributed by atoms with E-state index in [1.165, 1.54) is 6.33 Å². The first-order chi connectivity index (χ1) is 14.1. The van der Waals surface area contributed by atoms with E-state index in [0.717, 1.165) is 5.70 Å². The van der Waals surface area contributed by atoms with E-state index < -0.39 is 5.92 Å². The fourth-order valence-corrected chi connectivity index (χ4v) is 4.00. The van der Waals surface area contributed by atoms with Crippen LogP contribution in [0.25, 0.3) is 0 Å². The zero-order valence-electron chi connectivity index (χ0n) is 16.1. The maximum Gasteiger partial charge on any atom is 0.231 e. The number of carbonyl (C=O) groups excluding carboxylic acids is 1. The Hall–Kier alpha value is -3.80. The molecule has 0 amide bonds. The third kappa shape index (κ3) is 2.89. The highest BCUT2D eigenvalue weighted by molar-refractivity contribution is 6.01. The second-order valence-electron chi connectivity index (χ2n) is 6.73. The van der Waals surface area contributed by atoms with Crippen LogP contribution >= 0.6 is 0 Å². The number of allylic oxidation sites excluding steroid dienone is 3. The number of Topliss-reactive ketones (excluding diaryl/α,β-unsaturated/α-hetero) is 1. The number of aromatic amines is 1. The maximum absolute atomic E-state index is 13.0. The van der Waals surface area contributed by atoms with Crippen LogP contribution in [0.4, 0.5) is 5.95 Å². The van der Waals surface area contributed by atoms with Crippen LogP contribution in [-0.4, -0.2) is 35.2 Å². The molecule has 4 rings (SSSR count). The van der Waals surface area contributed by atoms with Gasteiger partial charge in [0.05, 0.1) is 31.8 Å². The van der Waals surface area contributed by atoms with Crippen molar-refractivity contribution in [2.24, 2.45) is 5.73 Å². The van der Waals surface area contributed by atoms with Crippen LogP contribution in [0.1, 0.15) is 30.7 Å². The number of H-pyrrole nitrogens is 1. The number of nitrogens with zero attached hydrogens (tertiary/aromatic N) is 4. The zero-order chi connectivity index (χ0) is 20.5. The van der Waals surface area contributed by atoms with E-state index in [0.29, 0.717) is 47.8 Å². The number of nitriles is 1. The van der Waals surface area contributed by atoms with E-state index in [4.69, 9.17) is 15.2 Å². The second kappa shape index (κ2) is 7.31. The number of rotatable bonds is 4. The topological polar surface area (TPSA) is 130 Å². The van der Waals surface area contributed by atoms with Crippen LogP contribution in [0.15, 0.2) is 47.2 Å². The smallest absolute Gasteiger partial charge is 0.231 e. The van der Waals surface area contributed by atoms with Gasteiger partial charge in [0.25, 0.3) is 0 Å². The van der Waals surface area contributed by atoms with Crippen molar-refractivity contribution in [2.45, 2.75) is 25.2 Å². The average Bonchev–Trinajstić information content (AvgIpc) is 3.27. The Morgan fingerprint density at radius 3 is 2.79 bits per heavy atom. The number of nitrogens with one attached hydrogen (secondary N) is 1. The first-order valence-corrected chi connectivity index (χ1v) is 9.14. The molecule has 29 heavy (non-hydrogen) atoms. The molecule has 9 nitrogen and oxygen atoms in total. The monoisotopic (exact) mass is 392 g/mol. The first kappa shape index (κ1) is 18.6. The van der Waals surface area contributed by atoms with Gasteiger partial charge in [-0.05, 0) is 18.9 Å². The molecule has 1 aliphatic carbocycles. The molecule has 0 radical (unpaired) electrons. The molecular weight excluding hydrogens is 372 g/mol. The Kier molecular flexibility index (Phi) is 4.68. The van der Waals surface area contributed by atoms with Crippen LogP contribution < -0.4 is 20.1 Å². The van der Waals surface area contributed by atoms with Gasteiger partial charge in [-0.15, -0.1) is 0 Å². The van der Waals surface area contributed by atoms with E-state index in [2.05, 4.69) is 21.3 Å². The molecule has 1 aromatic heterocycles. The molecule has 0 saturated heterocycles. The highest BCUT2D eigenvalue weighted by atomic mass is 16.5. The van der Waals surface area contributed by atoms with Crippen molar-refractivity contribution in [1.82, 2.24) is 15.2 Å². The molecule has 9 heteroatoms. The highest BCUT2D eigenvalue weighted by Gasteiger charge is 2.42. The Bertz CT molecular complexity index is 1060. The molecule has 0 bridgehead atoms. The number of aromatic nitrogens is 3. The fourth-order valence-electron chi connectivity index (χ4n) is 4.00. The molecule has 2 heterocycles. The summed E-state index contributed by atoms with van der Waals surface area (Å²) in [4.78, 5) is 18.9. The summed E-state index contributed by atoms with van der Waals surface area (Å²) in [5.74, 6) is 1.09. The molecule has 1 aromatic carbocycles. The van der Waals surface area contributed by atoms with E-state index in [9.17, 15) is 10.1 Å². The maximum atomic E-state index is 13.0. The number of carbonyl (C=O) groups is 1. The Balaban J connectivity index is 1.98. The molecule has 2 aliphatic rings. The van der Waals surface area contributed by atoms with Crippen molar-refractivity contribution < 1.29 is 14.3 Å². The molecule has 1 aliphatic heterocycles. The lowest BCUT2D eigenvalue weighted by atomic mass is 9.75. The largest absolute Gasteiger partial charge is 0.497 e. The molecule has 148 valence electrons. The SMILES string of the molecule is COc1ccc([C@@H]2C(C#N)=C(N)N(c3ncn[nH]3)C3=C2C(=O)CCC3)c(OC)c1. The number of hydrogen-bond acceptors (Lipinski definition) is 8. The number of anilines is 1. The summed E-state index contributed by atoms with van der Waals surface area (Å²) in [6.07, 6.45) is 3.11. The number of methoxy groups -OCH3 is 2. The third-order valence-corrected chi connectivity index (χ3v) is 5.28. The second-order valence-corrected chi connectivity index (χ2v) is 6.73. The van der Waals surface area contributed by atoms with Gasteiger partial charge in [-0.1, -0.05) is 6.07 Å². The van der Waals surface area contributed by atoms with Gasteiger partial charge in [0, 0.05) is 29.3 Å². The van der Waals surface area contributed by atoms with E-state index in [1.807, 2.05) is 6.07 Å². The summed E-state index contributed by atoms with van der Waals surface area (Å²) in [5, 5.41) is 16.6. The van der Waals surface area contributed by atoms with Crippen LogP contribution in [0.3, 0.4) is 0 Å². The number of hydrogen-bond donors (Lipinski definition) is 2. The molecule has 0 unspecified atom stereocenters. The minimum absolute atomic E-state index is 0.0149. The summed E-state index contributed by atoms with van der Waals surface area (Å²) in [7, 11) is 3.10. The van der Waals surface area contributed by atoms with E-state index in [1.54, 1.807) is 31.3 Å². The van der Waals surface area contributed by atoms with Gasteiger partial charge < -0.3 is 15.2 Å². The zero-order valence-corrected chi connectivity index (χ0v) is 16.1. The Morgan fingerprint density at radius 2 is 2.14 bits per heavy atom. The van der Waals surface area contributed by atoms with Gasteiger partial charge in [-0.25, -0.2) is 5.10 Å². The van der Waals surface area contributed by atoms with Gasteiger partial charge >= 0.3 is 0 Å². The molecule has 0 saturated carbocycles. The fraction of sp³-hybridized carbons (Fsp3) is 0.300. The van der Waals surface area contributed by atoms with Gasteiger partial charge in [0.2, 0.25) is 5.95 Å². The summed E-state index contributed by atoms with van der Waals surface area (Å²) < 4.78 is 10.8. The third-order valence-electron chi connectivity index (χ3n) is 5.28. The molecule has 0 spiro atoms. The molecule has 1 atom stereocenters. The van der Waals surface area contributed by atoms with Crippen LogP contribution in [-0.2, 0) is 4.79 Å². The number of nitrogens with two attached hydrogens (primary N) is 1. The van der Waals surface area contributed by atoms with Crippen LogP contribution in [0, 0.1) is 11.3 Å². The normalized spacial score (nSPS) is 19.1. The van der Waals surface area contributed by atoms with E-state index in [-0.39, 0.29) is 17.2 Å². The Labute approximate surface area is 167 Å². The molecular formula is C20H20N6O3. The predicted octanol–water partition coefficient (Wildman–Crippen LogP) is 2.13. The van der Waals surface area contributed by atoms with Gasteiger partial charge in [0.15, 0.2) is 5.78 Å².